The molecule has 142 valence electrons. The fourth-order valence-corrected chi connectivity index (χ4v) is 4.35. The Kier molecular flexibility index (Phi) is 4.37. The van der Waals surface area contributed by atoms with Crippen LogP contribution in [0, 0.1) is 11.8 Å². The topological polar surface area (TPSA) is 75.9 Å². The highest BCUT2D eigenvalue weighted by Gasteiger charge is 2.39. The van der Waals surface area contributed by atoms with Crippen LogP contribution >= 0.6 is 0 Å². The third-order valence-electron chi connectivity index (χ3n) is 5.69. The second-order valence-corrected chi connectivity index (χ2v) is 7.61. The molecule has 28 heavy (non-hydrogen) atoms. The standard InChI is InChI=1S/C21H22N6O/c28-21(23-17-6-2-1-3-7-17)20-25-24-19-10-15-11-26(12-16(15)13-27(19)20)14-18-8-4-5-9-22-18/h1-9,15-16H,10-14H2,(H,23,28)/t15-,16+/m0/s1. The molecular weight excluding hydrogens is 352 g/mol. The van der Waals surface area contributed by atoms with E-state index in [-0.39, 0.29) is 5.91 Å². The first-order chi connectivity index (χ1) is 13.8. The predicted molar refractivity (Wildman–Crippen MR) is 105 cm³/mol. The van der Waals surface area contributed by atoms with Crippen molar-refractivity contribution in [1.29, 1.82) is 0 Å². The van der Waals surface area contributed by atoms with Crippen LogP contribution in [0.2, 0.25) is 0 Å². The molecule has 5 rings (SSSR count). The van der Waals surface area contributed by atoms with Gasteiger partial charge < -0.3 is 9.88 Å². The van der Waals surface area contributed by atoms with Crippen molar-refractivity contribution < 1.29 is 4.79 Å². The number of benzene rings is 1. The lowest BCUT2D eigenvalue weighted by Crippen LogP contribution is -2.31. The third kappa shape index (κ3) is 3.29. The average molecular weight is 374 g/mol. The molecule has 7 heteroatoms. The molecule has 0 radical (unpaired) electrons. The van der Waals surface area contributed by atoms with Crippen LogP contribution in [0.25, 0.3) is 0 Å². The van der Waals surface area contributed by atoms with E-state index in [0.29, 0.717) is 17.7 Å². The molecule has 1 fully saturated rings. The molecule has 1 N–H and O–H groups in total. The van der Waals surface area contributed by atoms with Gasteiger partial charge in [0.05, 0.1) is 5.69 Å². The van der Waals surface area contributed by atoms with Crippen LogP contribution in [0.4, 0.5) is 5.69 Å². The highest BCUT2D eigenvalue weighted by atomic mass is 16.2. The van der Waals surface area contributed by atoms with Gasteiger partial charge in [-0.1, -0.05) is 24.3 Å². The van der Waals surface area contributed by atoms with Gasteiger partial charge in [0.1, 0.15) is 5.82 Å². The summed E-state index contributed by atoms with van der Waals surface area (Å²) < 4.78 is 2.00. The van der Waals surface area contributed by atoms with Gasteiger partial charge in [-0.3, -0.25) is 14.7 Å². The molecule has 1 saturated heterocycles. The quantitative estimate of drug-likeness (QED) is 0.758. The number of carbonyl (C=O) groups excluding carboxylic acids is 1. The van der Waals surface area contributed by atoms with E-state index >= 15 is 0 Å². The molecule has 2 aromatic heterocycles. The van der Waals surface area contributed by atoms with Crippen LogP contribution in [0.5, 0.6) is 0 Å². The van der Waals surface area contributed by atoms with Gasteiger partial charge in [-0.15, -0.1) is 10.2 Å². The molecule has 0 saturated carbocycles. The number of anilines is 1. The molecular formula is C21H22N6O. The highest BCUT2D eigenvalue weighted by Crippen LogP contribution is 2.33. The monoisotopic (exact) mass is 374 g/mol. The van der Waals surface area contributed by atoms with Crippen molar-refractivity contribution in [3.63, 3.8) is 0 Å². The zero-order valence-corrected chi connectivity index (χ0v) is 15.5. The average Bonchev–Trinajstić information content (AvgIpc) is 3.30. The lowest BCUT2D eigenvalue weighted by molar-refractivity contribution is 0.100. The van der Waals surface area contributed by atoms with E-state index < -0.39 is 0 Å². The van der Waals surface area contributed by atoms with Gasteiger partial charge in [0.2, 0.25) is 5.82 Å². The Balaban J connectivity index is 1.29. The highest BCUT2D eigenvalue weighted by molar-refractivity contribution is 6.01. The minimum absolute atomic E-state index is 0.202. The number of likely N-dealkylation sites (tertiary alicyclic amines) is 1. The number of aromatic nitrogens is 4. The van der Waals surface area contributed by atoms with E-state index in [9.17, 15) is 4.79 Å². The molecule has 0 unspecified atom stereocenters. The number of amides is 1. The molecule has 4 heterocycles. The number of nitrogens with zero attached hydrogens (tertiary/aromatic N) is 5. The van der Waals surface area contributed by atoms with E-state index in [1.54, 1.807) is 0 Å². The van der Waals surface area contributed by atoms with Crippen molar-refractivity contribution in [3.8, 4) is 0 Å². The molecule has 1 amide bonds. The summed E-state index contributed by atoms with van der Waals surface area (Å²) in [5.74, 6) is 2.19. The van der Waals surface area contributed by atoms with Crippen molar-refractivity contribution in [1.82, 2.24) is 24.6 Å². The summed E-state index contributed by atoms with van der Waals surface area (Å²) in [5.41, 5.74) is 1.87. The Morgan fingerprint density at radius 1 is 1.00 bits per heavy atom. The summed E-state index contributed by atoms with van der Waals surface area (Å²) in [5, 5.41) is 11.4. The van der Waals surface area contributed by atoms with Gasteiger partial charge in [0.25, 0.3) is 5.91 Å². The number of fused-ring (bicyclic) bond motifs is 2. The number of hydrogen-bond acceptors (Lipinski definition) is 5. The first kappa shape index (κ1) is 17.1. The maximum absolute atomic E-state index is 12.7. The van der Waals surface area contributed by atoms with E-state index in [4.69, 9.17) is 0 Å². The molecule has 0 aliphatic carbocycles. The Labute approximate surface area is 163 Å². The predicted octanol–water partition coefficient (Wildman–Crippen LogP) is 2.23. The van der Waals surface area contributed by atoms with E-state index in [1.807, 2.05) is 53.2 Å². The van der Waals surface area contributed by atoms with E-state index in [1.165, 1.54) is 0 Å². The van der Waals surface area contributed by atoms with Crippen LogP contribution in [0.1, 0.15) is 22.1 Å². The SMILES string of the molecule is O=C(Nc1ccccc1)c1nnc2n1C[C@H]1CN(Cc3ccccn3)C[C@@H]1C2. The first-order valence-corrected chi connectivity index (χ1v) is 9.67. The van der Waals surface area contributed by atoms with Crippen molar-refractivity contribution in [2.24, 2.45) is 11.8 Å². The number of rotatable bonds is 4. The molecule has 0 spiro atoms. The van der Waals surface area contributed by atoms with Crippen LogP contribution in [0.3, 0.4) is 0 Å². The van der Waals surface area contributed by atoms with Crippen LogP contribution in [-0.2, 0) is 19.5 Å². The number of para-hydroxylation sites is 1. The number of pyridine rings is 1. The zero-order valence-electron chi connectivity index (χ0n) is 15.5. The summed E-state index contributed by atoms with van der Waals surface area (Å²) >= 11 is 0. The van der Waals surface area contributed by atoms with Gasteiger partial charge in [0.15, 0.2) is 0 Å². The molecule has 0 bridgehead atoms. The minimum atomic E-state index is -0.202. The lowest BCUT2D eigenvalue weighted by Gasteiger charge is -2.25. The molecule has 1 aromatic carbocycles. The molecule has 2 aliphatic rings. The van der Waals surface area contributed by atoms with Gasteiger partial charge in [-0.25, -0.2) is 0 Å². The van der Waals surface area contributed by atoms with E-state index in [2.05, 4.69) is 31.5 Å². The lowest BCUT2D eigenvalue weighted by atomic mass is 9.89. The maximum atomic E-state index is 12.7. The van der Waals surface area contributed by atoms with Crippen LogP contribution in [-0.4, -0.2) is 43.6 Å². The molecule has 2 atom stereocenters. The van der Waals surface area contributed by atoms with Gasteiger partial charge in [-0.2, -0.15) is 0 Å². The summed E-state index contributed by atoms with van der Waals surface area (Å²) in [6, 6.07) is 15.5. The number of nitrogens with one attached hydrogen (secondary N) is 1. The minimum Gasteiger partial charge on any atom is -0.319 e. The van der Waals surface area contributed by atoms with Gasteiger partial charge in [0, 0.05) is 44.5 Å². The Bertz CT molecular complexity index is 971. The first-order valence-electron chi connectivity index (χ1n) is 9.67. The third-order valence-corrected chi connectivity index (χ3v) is 5.69. The van der Waals surface area contributed by atoms with Gasteiger partial charge in [-0.05, 0) is 36.1 Å². The summed E-state index contributed by atoms with van der Waals surface area (Å²) in [7, 11) is 0. The Morgan fingerprint density at radius 2 is 1.82 bits per heavy atom. The van der Waals surface area contributed by atoms with Crippen molar-refractivity contribution in [2.45, 2.75) is 19.5 Å². The van der Waals surface area contributed by atoms with Crippen LogP contribution in [0.15, 0.2) is 54.7 Å². The second-order valence-electron chi connectivity index (χ2n) is 7.61. The summed E-state index contributed by atoms with van der Waals surface area (Å²) in [6.45, 7) is 3.72. The Morgan fingerprint density at radius 3 is 2.64 bits per heavy atom. The zero-order chi connectivity index (χ0) is 18.9. The smallest absolute Gasteiger partial charge is 0.293 e. The fraction of sp³-hybridized carbons (Fsp3) is 0.333. The molecule has 7 nitrogen and oxygen atoms in total. The largest absolute Gasteiger partial charge is 0.319 e. The second kappa shape index (κ2) is 7.16. The maximum Gasteiger partial charge on any atom is 0.293 e. The Hall–Kier alpha value is -3.06. The van der Waals surface area contributed by atoms with Crippen molar-refractivity contribution in [2.75, 3.05) is 18.4 Å². The van der Waals surface area contributed by atoms with Crippen molar-refractivity contribution in [3.05, 3.63) is 72.1 Å². The molecule has 3 aromatic rings. The summed E-state index contributed by atoms with van der Waals surface area (Å²) in [6.07, 6.45) is 2.71. The normalized spacial score (nSPS) is 21.1. The van der Waals surface area contributed by atoms with Crippen LogP contribution < -0.4 is 5.32 Å². The van der Waals surface area contributed by atoms with E-state index in [0.717, 1.165) is 49.8 Å². The van der Waals surface area contributed by atoms with Gasteiger partial charge >= 0.3 is 0 Å². The number of hydrogen-bond donors (Lipinski definition) is 1. The summed E-state index contributed by atoms with van der Waals surface area (Å²) in [4.78, 5) is 19.6. The molecule has 2 aliphatic heterocycles. The fourth-order valence-electron chi connectivity index (χ4n) is 4.35. The number of carbonyl (C=O) groups is 1. The van der Waals surface area contributed by atoms with Crippen molar-refractivity contribution >= 4 is 11.6 Å².